The molecular weight excluding hydrogens is 245 g/mol. The van der Waals surface area contributed by atoms with Crippen LogP contribution in [0.15, 0.2) is 24.5 Å². The zero-order valence-electron chi connectivity index (χ0n) is 11.0. The van der Waals surface area contributed by atoms with Gasteiger partial charge in [-0.25, -0.2) is 14.4 Å². The van der Waals surface area contributed by atoms with E-state index in [9.17, 15) is 9.18 Å². The molecule has 0 atom stereocenters. The number of rotatable bonds is 2. The molecule has 1 amide bonds. The van der Waals surface area contributed by atoms with E-state index < -0.39 is 0 Å². The second-order valence-electron chi connectivity index (χ2n) is 4.35. The smallest absolute Gasteiger partial charge is 0.274 e. The highest BCUT2D eigenvalue weighted by Crippen LogP contribution is 2.15. The third-order valence-corrected chi connectivity index (χ3v) is 2.98. The van der Waals surface area contributed by atoms with Crippen LogP contribution in [0.1, 0.15) is 27.3 Å². The van der Waals surface area contributed by atoms with E-state index in [1.807, 2.05) is 0 Å². The molecule has 0 radical (unpaired) electrons. The maximum Gasteiger partial charge on any atom is 0.274 e. The maximum atomic E-state index is 13.4. The van der Waals surface area contributed by atoms with Crippen LogP contribution >= 0.6 is 0 Å². The first-order chi connectivity index (χ1) is 8.99. The van der Waals surface area contributed by atoms with E-state index in [2.05, 4.69) is 15.3 Å². The van der Waals surface area contributed by atoms with Gasteiger partial charge >= 0.3 is 0 Å². The van der Waals surface area contributed by atoms with E-state index >= 15 is 0 Å². The minimum absolute atomic E-state index is 0.300. The summed E-state index contributed by atoms with van der Waals surface area (Å²) in [5.41, 5.74) is 2.70. The third kappa shape index (κ3) is 2.76. The summed E-state index contributed by atoms with van der Waals surface area (Å²) in [6.07, 6.45) is 1.34. The fourth-order valence-electron chi connectivity index (χ4n) is 1.63. The number of hydrogen-bond acceptors (Lipinski definition) is 3. The number of nitrogens with zero attached hydrogens (tertiary/aromatic N) is 2. The lowest BCUT2D eigenvalue weighted by atomic mass is 10.1. The predicted molar refractivity (Wildman–Crippen MR) is 70.6 cm³/mol. The molecule has 0 spiro atoms. The Balaban J connectivity index is 2.26. The molecule has 19 heavy (non-hydrogen) atoms. The van der Waals surface area contributed by atoms with Crippen molar-refractivity contribution in [2.75, 3.05) is 5.32 Å². The molecule has 4 nitrogen and oxygen atoms in total. The van der Waals surface area contributed by atoms with Crippen LogP contribution in [0.2, 0.25) is 0 Å². The number of carbonyl (C=O) groups excluding carboxylic acids is 1. The van der Waals surface area contributed by atoms with Crippen molar-refractivity contribution in [2.24, 2.45) is 0 Å². The number of aryl methyl sites for hydroxylation is 2. The van der Waals surface area contributed by atoms with Gasteiger partial charge in [0.2, 0.25) is 0 Å². The average molecular weight is 259 g/mol. The summed E-state index contributed by atoms with van der Waals surface area (Å²) in [5.74, 6) is -0.723. The fourth-order valence-corrected chi connectivity index (χ4v) is 1.63. The number of hydrogen-bond donors (Lipinski definition) is 1. The number of anilines is 1. The highest BCUT2D eigenvalue weighted by molar-refractivity contribution is 6.03. The highest BCUT2D eigenvalue weighted by atomic mass is 19.1. The number of carbonyl (C=O) groups is 1. The summed E-state index contributed by atoms with van der Waals surface area (Å²) < 4.78 is 13.4. The zero-order valence-corrected chi connectivity index (χ0v) is 11.0. The molecule has 0 aliphatic rings. The number of benzene rings is 1. The first kappa shape index (κ1) is 13.1. The summed E-state index contributed by atoms with van der Waals surface area (Å²) in [6, 6.07) is 4.55. The molecule has 98 valence electrons. The molecular formula is C14H14FN3O. The van der Waals surface area contributed by atoms with Gasteiger partial charge in [-0.2, -0.15) is 0 Å². The topological polar surface area (TPSA) is 54.9 Å². The molecule has 1 aromatic carbocycles. The van der Waals surface area contributed by atoms with Crippen molar-refractivity contribution in [3.8, 4) is 0 Å². The molecule has 0 bridgehead atoms. The highest BCUT2D eigenvalue weighted by Gasteiger charge is 2.13. The lowest BCUT2D eigenvalue weighted by molar-refractivity contribution is 0.102. The molecule has 0 saturated heterocycles. The number of aromatic nitrogens is 2. The van der Waals surface area contributed by atoms with Crippen molar-refractivity contribution in [1.82, 2.24) is 9.97 Å². The van der Waals surface area contributed by atoms with Crippen LogP contribution in [0.4, 0.5) is 10.1 Å². The Morgan fingerprint density at radius 3 is 2.63 bits per heavy atom. The second kappa shape index (κ2) is 5.14. The maximum absolute atomic E-state index is 13.4. The van der Waals surface area contributed by atoms with Crippen LogP contribution in [-0.2, 0) is 0 Å². The summed E-state index contributed by atoms with van der Waals surface area (Å²) in [6.45, 7) is 5.25. The Bertz CT molecular complexity index is 641. The van der Waals surface area contributed by atoms with Crippen molar-refractivity contribution >= 4 is 11.6 Å². The molecule has 0 aliphatic heterocycles. The van der Waals surface area contributed by atoms with Crippen LogP contribution in [0.5, 0.6) is 0 Å². The van der Waals surface area contributed by atoms with E-state index in [1.165, 1.54) is 12.4 Å². The largest absolute Gasteiger partial charge is 0.321 e. The Labute approximate surface area is 110 Å². The minimum atomic E-state index is -0.369. The Morgan fingerprint density at radius 2 is 1.95 bits per heavy atom. The van der Waals surface area contributed by atoms with Crippen LogP contribution in [0.25, 0.3) is 0 Å². The second-order valence-corrected chi connectivity index (χ2v) is 4.35. The molecule has 0 fully saturated rings. The molecule has 5 heteroatoms. The van der Waals surface area contributed by atoms with Gasteiger partial charge in [0.25, 0.3) is 5.91 Å². The third-order valence-electron chi connectivity index (χ3n) is 2.98. The van der Waals surface area contributed by atoms with Crippen molar-refractivity contribution in [2.45, 2.75) is 20.8 Å². The number of halogens is 1. The SMILES string of the molecule is Cc1ccc(NC(=O)c2ncnc(C)c2C)cc1F. The van der Waals surface area contributed by atoms with E-state index in [4.69, 9.17) is 0 Å². The van der Waals surface area contributed by atoms with Crippen molar-refractivity contribution in [1.29, 1.82) is 0 Å². The van der Waals surface area contributed by atoms with Gasteiger partial charge in [0, 0.05) is 16.9 Å². The fraction of sp³-hybridized carbons (Fsp3) is 0.214. The van der Waals surface area contributed by atoms with Gasteiger partial charge in [0.05, 0.1) is 0 Å². The molecule has 2 rings (SSSR count). The van der Waals surface area contributed by atoms with Crippen LogP contribution < -0.4 is 5.32 Å². The lowest BCUT2D eigenvalue weighted by Crippen LogP contribution is -2.16. The normalized spacial score (nSPS) is 10.3. The zero-order chi connectivity index (χ0) is 14.0. The summed E-state index contributed by atoms with van der Waals surface area (Å²) in [7, 11) is 0. The first-order valence-electron chi connectivity index (χ1n) is 5.84. The van der Waals surface area contributed by atoms with Gasteiger partial charge in [-0.1, -0.05) is 6.07 Å². The van der Waals surface area contributed by atoms with E-state index in [1.54, 1.807) is 32.9 Å². The van der Waals surface area contributed by atoms with Gasteiger partial charge < -0.3 is 5.32 Å². The first-order valence-corrected chi connectivity index (χ1v) is 5.84. The van der Waals surface area contributed by atoms with Gasteiger partial charge in [0.15, 0.2) is 0 Å². The molecule has 0 saturated carbocycles. The monoisotopic (exact) mass is 259 g/mol. The molecule has 0 unspecified atom stereocenters. The minimum Gasteiger partial charge on any atom is -0.321 e. The Kier molecular flexibility index (Phi) is 3.55. The van der Waals surface area contributed by atoms with Gasteiger partial charge in [-0.3, -0.25) is 4.79 Å². The Hall–Kier alpha value is -2.30. The van der Waals surface area contributed by atoms with Gasteiger partial charge in [-0.15, -0.1) is 0 Å². The Morgan fingerprint density at radius 1 is 1.21 bits per heavy atom. The van der Waals surface area contributed by atoms with E-state index in [-0.39, 0.29) is 11.7 Å². The molecule has 1 aromatic heterocycles. The van der Waals surface area contributed by atoms with Gasteiger partial charge in [-0.05, 0) is 38.5 Å². The average Bonchev–Trinajstić information content (AvgIpc) is 2.37. The summed E-state index contributed by atoms with van der Waals surface area (Å²) in [5, 5.41) is 2.63. The van der Waals surface area contributed by atoms with Crippen LogP contribution in [0.3, 0.4) is 0 Å². The molecule has 1 heterocycles. The lowest BCUT2D eigenvalue weighted by Gasteiger charge is -2.08. The summed E-state index contributed by atoms with van der Waals surface area (Å²) >= 11 is 0. The van der Waals surface area contributed by atoms with Gasteiger partial charge in [0.1, 0.15) is 17.8 Å². The quantitative estimate of drug-likeness (QED) is 0.902. The number of amides is 1. The van der Waals surface area contributed by atoms with Crippen molar-refractivity contribution in [3.63, 3.8) is 0 Å². The van der Waals surface area contributed by atoms with Crippen LogP contribution in [0, 0.1) is 26.6 Å². The standard InChI is InChI=1S/C14H14FN3O/c1-8-4-5-11(6-12(8)15)18-14(19)13-9(2)10(3)16-7-17-13/h4-7H,1-3H3,(H,18,19). The molecule has 0 aliphatic carbocycles. The van der Waals surface area contributed by atoms with E-state index in [0.717, 1.165) is 5.69 Å². The summed E-state index contributed by atoms with van der Waals surface area (Å²) in [4.78, 5) is 20.0. The molecule has 2 aromatic rings. The van der Waals surface area contributed by atoms with Crippen molar-refractivity contribution < 1.29 is 9.18 Å². The number of nitrogens with one attached hydrogen (secondary N) is 1. The van der Waals surface area contributed by atoms with Crippen molar-refractivity contribution in [3.05, 3.63) is 52.9 Å². The van der Waals surface area contributed by atoms with Crippen LogP contribution in [-0.4, -0.2) is 15.9 Å². The predicted octanol–water partition coefficient (Wildman–Crippen LogP) is 2.79. The molecule has 1 N–H and O–H groups in total. The van der Waals surface area contributed by atoms with E-state index in [0.29, 0.717) is 22.5 Å².